The number of piperidine rings is 1. The van der Waals surface area contributed by atoms with Crippen molar-refractivity contribution in [3.63, 3.8) is 0 Å². The van der Waals surface area contributed by atoms with Gasteiger partial charge in [-0.05, 0) is 63.4 Å². The van der Waals surface area contributed by atoms with E-state index in [1.165, 1.54) is 22.3 Å². The molecule has 1 saturated heterocycles. The molecule has 0 atom stereocenters. The molecule has 1 aromatic carbocycles. The van der Waals surface area contributed by atoms with Crippen LogP contribution in [0.3, 0.4) is 0 Å². The van der Waals surface area contributed by atoms with Crippen LogP contribution in [0, 0.1) is 26.7 Å². The quantitative estimate of drug-likeness (QED) is 0.502. The Labute approximate surface area is 121 Å². The van der Waals surface area contributed by atoms with Crippen LogP contribution in [-0.2, 0) is 11.3 Å². The van der Waals surface area contributed by atoms with Crippen LogP contribution in [-0.4, -0.2) is 23.9 Å². The molecule has 1 heterocycles. The number of hydrogen-bond acceptors (Lipinski definition) is 3. The number of amides is 1. The Morgan fingerprint density at radius 1 is 1.25 bits per heavy atom. The molecule has 1 aromatic rings. The van der Waals surface area contributed by atoms with Gasteiger partial charge in [0.25, 0.3) is 0 Å². The number of benzene rings is 1. The lowest BCUT2D eigenvalue weighted by Crippen LogP contribution is -2.42. The number of carbonyl (C=O) groups excluding carboxylic acids is 1. The van der Waals surface area contributed by atoms with Crippen molar-refractivity contribution in [3.05, 3.63) is 34.4 Å². The van der Waals surface area contributed by atoms with Crippen LogP contribution in [0.1, 0.15) is 35.1 Å². The molecule has 110 valence electrons. The zero-order chi connectivity index (χ0) is 14.7. The number of nitrogens with zero attached hydrogens (tertiary/aromatic N) is 1. The molecule has 0 aromatic heterocycles. The van der Waals surface area contributed by atoms with Crippen molar-refractivity contribution >= 4 is 5.91 Å². The van der Waals surface area contributed by atoms with Crippen LogP contribution in [0.5, 0.6) is 0 Å². The van der Waals surface area contributed by atoms with E-state index in [1.54, 1.807) is 0 Å². The van der Waals surface area contributed by atoms with Gasteiger partial charge in [0.05, 0.1) is 0 Å². The molecule has 2 rings (SSSR count). The second kappa shape index (κ2) is 6.37. The molecular weight excluding hydrogens is 250 g/mol. The highest BCUT2D eigenvalue weighted by atomic mass is 16.2. The number of aryl methyl sites for hydroxylation is 3. The largest absolute Gasteiger partial charge is 0.299 e. The normalized spacial score (nSPS) is 17.2. The van der Waals surface area contributed by atoms with E-state index in [2.05, 4.69) is 43.2 Å². The molecule has 0 saturated carbocycles. The van der Waals surface area contributed by atoms with Crippen LogP contribution in [0.4, 0.5) is 0 Å². The summed E-state index contributed by atoms with van der Waals surface area (Å²) >= 11 is 0. The zero-order valence-electron chi connectivity index (χ0n) is 12.7. The highest BCUT2D eigenvalue weighted by molar-refractivity contribution is 5.78. The van der Waals surface area contributed by atoms with Crippen LogP contribution in [0.15, 0.2) is 12.1 Å². The highest BCUT2D eigenvalue weighted by Crippen LogP contribution is 2.22. The first-order chi connectivity index (χ1) is 9.51. The van der Waals surface area contributed by atoms with E-state index < -0.39 is 0 Å². The molecule has 0 spiro atoms. The molecule has 1 fully saturated rings. The minimum Gasteiger partial charge on any atom is -0.299 e. The maximum absolute atomic E-state index is 11.5. The number of rotatable bonds is 3. The van der Waals surface area contributed by atoms with Crippen LogP contribution in [0.25, 0.3) is 0 Å². The molecule has 1 aliphatic rings. The first-order valence-corrected chi connectivity index (χ1v) is 7.30. The average molecular weight is 275 g/mol. The predicted octanol–water partition coefficient (Wildman–Crippen LogP) is 1.81. The summed E-state index contributed by atoms with van der Waals surface area (Å²) in [5, 5.41) is 0. The second-order valence-electron chi connectivity index (χ2n) is 5.94. The lowest BCUT2D eigenvalue weighted by molar-refractivity contribution is -0.126. The second-order valence-corrected chi connectivity index (χ2v) is 5.94. The van der Waals surface area contributed by atoms with Crippen molar-refractivity contribution in [1.29, 1.82) is 0 Å². The van der Waals surface area contributed by atoms with Crippen molar-refractivity contribution in [1.82, 2.24) is 10.3 Å². The lowest BCUT2D eigenvalue weighted by Gasteiger charge is -2.31. The van der Waals surface area contributed by atoms with Gasteiger partial charge in [-0.15, -0.1) is 0 Å². The maximum atomic E-state index is 11.5. The van der Waals surface area contributed by atoms with Gasteiger partial charge in [0.15, 0.2) is 0 Å². The molecule has 4 nitrogen and oxygen atoms in total. The monoisotopic (exact) mass is 275 g/mol. The summed E-state index contributed by atoms with van der Waals surface area (Å²) in [6.45, 7) is 9.42. The van der Waals surface area contributed by atoms with E-state index in [9.17, 15) is 4.79 Å². The summed E-state index contributed by atoms with van der Waals surface area (Å²) in [5.74, 6) is 5.26. The number of hydrazine groups is 1. The molecular formula is C16H25N3O. The lowest BCUT2D eigenvalue weighted by atomic mass is 9.94. The molecule has 4 heteroatoms. The van der Waals surface area contributed by atoms with Crippen LogP contribution < -0.4 is 11.3 Å². The first-order valence-electron chi connectivity index (χ1n) is 7.30. The van der Waals surface area contributed by atoms with Gasteiger partial charge in [-0.3, -0.25) is 15.1 Å². The zero-order valence-corrected chi connectivity index (χ0v) is 12.7. The third-order valence-electron chi connectivity index (χ3n) is 4.32. The molecule has 0 bridgehead atoms. The maximum Gasteiger partial charge on any atom is 0.237 e. The fourth-order valence-corrected chi connectivity index (χ4v) is 3.15. The molecule has 3 N–H and O–H groups in total. The van der Waals surface area contributed by atoms with Gasteiger partial charge in [0.1, 0.15) is 0 Å². The van der Waals surface area contributed by atoms with Gasteiger partial charge in [-0.25, -0.2) is 5.84 Å². The van der Waals surface area contributed by atoms with E-state index in [0.717, 1.165) is 32.5 Å². The smallest absolute Gasteiger partial charge is 0.237 e. The SMILES string of the molecule is Cc1cc(C)c(CN2CCC(C(=O)NN)CC2)c(C)c1. The van der Waals surface area contributed by atoms with Gasteiger partial charge < -0.3 is 0 Å². The average Bonchev–Trinajstić information content (AvgIpc) is 2.42. The third-order valence-corrected chi connectivity index (χ3v) is 4.32. The first kappa shape index (κ1) is 15.0. The van der Waals surface area contributed by atoms with Crippen molar-refractivity contribution < 1.29 is 4.79 Å². The fourth-order valence-electron chi connectivity index (χ4n) is 3.15. The Bertz CT molecular complexity index is 467. The van der Waals surface area contributed by atoms with E-state index in [1.807, 2.05) is 0 Å². The number of nitrogens with two attached hydrogens (primary N) is 1. The van der Waals surface area contributed by atoms with E-state index in [0.29, 0.717) is 0 Å². The number of hydrogen-bond donors (Lipinski definition) is 2. The van der Waals surface area contributed by atoms with Crippen molar-refractivity contribution in [3.8, 4) is 0 Å². The van der Waals surface area contributed by atoms with Crippen molar-refractivity contribution in [2.45, 2.75) is 40.2 Å². The Morgan fingerprint density at radius 2 is 1.80 bits per heavy atom. The van der Waals surface area contributed by atoms with Crippen molar-refractivity contribution in [2.24, 2.45) is 11.8 Å². The summed E-state index contributed by atoms with van der Waals surface area (Å²) < 4.78 is 0. The fraction of sp³-hybridized carbons (Fsp3) is 0.562. The number of likely N-dealkylation sites (tertiary alicyclic amines) is 1. The molecule has 0 radical (unpaired) electrons. The van der Waals surface area contributed by atoms with Gasteiger partial charge in [0.2, 0.25) is 5.91 Å². The Morgan fingerprint density at radius 3 is 2.30 bits per heavy atom. The highest BCUT2D eigenvalue weighted by Gasteiger charge is 2.24. The van der Waals surface area contributed by atoms with E-state index in [4.69, 9.17) is 5.84 Å². The summed E-state index contributed by atoms with van der Waals surface area (Å²) in [6.07, 6.45) is 1.79. The van der Waals surface area contributed by atoms with Crippen LogP contribution >= 0.6 is 0 Å². The van der Waals surface area contributed by atoms with Gasteiger partial charge in [0, 0.05) is 12.5 Å². The van der Waals surface area contributed by atoms with Gasteiger partial charge in [-0.2, -0.15) is 0 Å². The van der Waals surface area contributed by atoms with Gasteiger partial charge >= 0.3 is 0 Å². The molecule has 1 aliphatic heterocycles. The minimum atomic E-state index is -0.0210. The minimum absolute atomic E-state index is 0.0210. The summed E-state index contributed by atoms with van der Waals surface area (Å²) in [4.78, 5) is 14.0. The Balaban J connectivity index is 1.98. The molecule has 0 unspecified atom stereocenters. The Hall–Kier alpha value is -1.39. The summed E-state index contributed by atoms with van der Waals surface area (Å²) in [6, 6.07) is 4.49. The number of nitrogens with one attached hydrogen (secondary N) is 1. The predicted molar refractivity (Wildman–Crippen MR) is 81.0 cm³/mol. The molecule has 0 aliphatic carbocycles. The van der Waals surface area contributed by atoms with Crippen molar-refractivity contribution in [2.75, 3.05) is 13.1 Å². The van der Waals surface area contributed by atoms with E-state index >= 15 is 0 Å². The summed E-state index contributed by atoms with van der Waals surface area (Å²) in [7, 11) is 0. The number of carbonyl (C=O) groups is 1. The standard InChI is InChI=1S/C16H25N3O/c1-11-8-12(2)15(13(3)9-11)10-19-6-4-14(5-7-19)16(20)18-17/h8-9,14H,4-7,10,17H2,1-3H3,(H,18,20). The van der Waals surface area contributed by atoms with Gasteiger partial charge in [-0.1, -0.05) is 17.7 Å². The van der Waals surface area contributed by atoms with Crippen LogP contribution in [0.2, 0.25) is 0 Å². The summed E-state index contributed by atoms with van der Waals surface area (Å²) in [5.41, 5.74) is 7.75. The third kappa shape index (κ3) is 3.38. The topological polar surface area (TPSA) is 58.4 Å². The van der Waals surface area contributed by atoms with E-state index in [-0.39, 0.29) is 11.8 Å². The Kier molecular flexibility index (Phi) is 4.78. The molecule has 1 amide bonds. The molecule has 20 heavy (non-hydrogen) atoms.